The fraction of sp³-hybridized carbons (Fsp3) is 0.875. The summed E-state index contributed by atoms with van der Waals surface area (Å²) in [7, 11) is 1.36. The van der Waals surface area contributed by atoms with Crippen molar-refractivity contribution in [3.8, 4) is 0 Å². The summed E-state index contributed by atoms with van der Waals surface area (Å²) in [5, 5.41) is 3.02. The summed E-state index contributed by atoms with van der Waals surface area (Å²) < 4.78 is 15.8. The molecule has 0 spiro atoms. The molecule has 23 heavy (non-hydrogen) atoms. The number of methoxy groups -OCH3 is 1. The molecule has 1 aliphatic heterocycles. The number of ether oxygens (including phenoxy) is 3. The van der Waals surface area contributed by atoms with Crippen LogP contribution in [0, 0.1) is 0 Å². The molecule has 1 rings (SSSR count). The second kappa shape index (κ2) is 9.08. The van der Waals surface area contributed by atoms with E-state index in [4.69, 9.17) is 14.2 Å². The van der Waals surface area contributed by atoms with Gasteiger partial charge in [-0.2, -0.15) is 0 Å². The highest BCUT2D eigenvalue weighted by molar-refractivity contribution is 5.75. The van der Waals surface area contributed by atoms with Gasteiger partial charge in [-0.3, -0.25) is 4.79 Å². The van der Waals surface area contributed by atoms with Crippen LogP contribution < -0.4 is 5.32 Å². The predicted octanol–water partition coefficient (Wildman–Crippen LogP) is 1.55. The first-order valence-corrected chi connectivity index (χ1v) is 8.17. The molecule has 1 N–H and O–H groups in total. The standard InChI is InChI=1S/C16H30N2O5/c1-6-17-13(14(19)21-5)11-22-10-12-8-7-9-18(12)15(20)23-16(2,3)4/h12-13,17H,6-11H2,1-5H3/t12-,13+/m1/s1. The number of likely N-dealkylation sites (tertiary alicyclic amines) is 1. The van der Waals surface area contributed by atoms with Crippen molar-refractivity contribution in [1.29, 1.82) is 0 Å². The summed E-state index contributed by atoms with van der Waals surface area (Å²) in [6.45, 7) is 9.40. The maximum absolute atomic E-state index is 12.2. The lowest BCUT2D eigenvalue weighted by molar-refractivity contribution is -0.145. The van der Waals surface area contributed by atoms with E-state index in [1.54, 1.807) is 4.90 Å². The zero-order valence-corrected chi connectivity index (χ0v) is 14.9. The molecule has 7 heteroatoms. The minimum absolute atomic E-state index is 0.00947. The Morgan fingerprint density at radius 3 is 2.61 bits per heavy atom. The minimum atomic E-state index is -0.508. The third-order valence-electron chi connectivity index (χ3n) is 3.54. The molecule has 7 nitrogen and oxygen atoms in total. The first kappa shape index (κ1) is 19.7. The van der Waals surface area contributed by atoms with Gasteiger partial charge in [0.25, 0.3) is 0 Å². The highest BCUT2D eigenvalue weighted by Gasteiger charge is 2.32. The molecule has 1 fully saturated rings. The number of nitrogens with one attached hydrogen (secondary N) is 1. The van der Waals surface area contributed by atoms with E-state index in [2.05, 4.69) is 5.32 Å². The Balaban J connectivity index is 2.46. The summed E-state index contributed by atoms with van der Waals surface area (Å²) in [4.78, 5) is 25.5. The Bertz CT molecular complexity index is 394. The fourth-order valence-electron chi connectivity index (χ4n) is 2.49. The van der Waals surface area contributed by atoms with Gasteiger partial charge < -0.3 is 24.4 Å². The quantitative estimate of drug-likeness (QED) is 0.714. The summed E-state index contributed by atoms with van der Waals surface area (Å²) in [5.74, 6) is -0.345. The molecule has 0 aromatic carbocycles. The molecule has 1 saturated heterocycles. The van der Waals surface area contributed by atoms with E-state index in [0.717, 1.165) is 12.8 Å². The first-order valence-electron chi connectivity index (χ1n) is 8.17. The molecule has 1 aliphatic rings. The van der Waals surface area contributed by atoms with Crippen molar-refractivity contribution in [3.05, 3.63) is 0 Å². The van der Waals surface area contributed by atoms with Gasteiger partial charge in [-0.05, 0) is 40.2 Å². The second-order valence-corrected chi connectivity index (χ2v) is 6.64. The third-order valence-corrected chi connectivity index (χ3v) is 3.54. The second-order valence-electron chi connectivity index (χ2n) is 6.64. The van der Waals surface area contributed by atoms with Gasteiger partial charge >= 0.3 is 12.1 Å². The number of carbonyl (C=O) groups excluding carboxylic acids is 2. The van der Waals surface area contributed by atoms with Gasteiger partial charge in [0, 0.05) is 6.54 Å². The predicted molar refractivity (Wildman–Crippen MR) is 86.3 cm³/mol. The van der Waals surface area contributed by atoms with Crippen LogP contribution in [0.4, 0.5) is 4.79 Å². The largest absolute Gasteiger partial charge is 0.468 e. The molecule has 0 aromatic heterocycles. The van der Waals surface area contributed by atoms with Gasteiger partial charge in [-0.25, -0.2) is 4.79 Å². The van der Waals surface area contributed by atoms with Crippen molar-refractivity contribution in [1.82, 2.24) is 10.2 Å². The van der Waals surface area contributed by atoms with Crippen molar-refractivity contribution in [2.45, 2.75) is 58.2 Å². The highest BCUT2D eigenvalue weighted by atomic mass is 16.6. The van der Waals surface area contributed by atoms with E-state index in [-0.39, 0.29) is 24.7 Å². The lowest BCUT2D eigenvalue weighted by Gasteiger charge is -2.28. The number of rotatable bonds is 7. The van der Waals surface area contributed by atoms with Gasteiger partial charge in [0.2, 0.25) is 0 Å². The van der Waals surface area contributed by atoms with Gasteiger partial charge in [-0.1, -0.05) is 6.92 Å². The molecule has 1 amide bonds. The zero-order valence-electron chi connectivity index (χ0n) is 14.9. The average molecular weight is 330 g/mol. The molecule has 0 saturated carbocycles. The maximum atomic E-state index is 12.2. The summed E-state index contributed by atoms with van der Waals surface area (Å²) in [6.07, 6.45) is 1.50. The number of amides is 1. The third kappa shape index (κ3) is 6.74. The summed E-state index contributed by atoms with van der Waals surface area (Å²) >= 11 is 0. The zero-order chi connectivity index (χ0) is 17.5. The van der Waals surface area contributed by atoms with E-state index >= 15 is 0 Å². The van der Waals surface area contributed by atoms with Crippen LogP contribution >= 0.6 is 0 Å². The Hall–Kier alpha value is -1.34. The van der Waals surface area contributed by atoms with E-state index < -0.39 is 11.6 Å². The van der Waals surface area contributed by atoms with Crippen molar-refractivity contribution in [2.24, 2.45) is 0 Å². The summed E-state index contributed by atoms with van der Waals surface area (Å²) in [6, 6.07) is -0.494. The number of nitrogens with zero attached hydrogens (tertiary/aromatic N) is 1. The van der Waals surface area contributed by atoms with Crippen LogP contribution in [0.25, 0.3) is 0 Å². The van der Waals surface area contributed by atoms with Crippen molar-refractivity contribution in [2.75, 3.05) is 33.4 Å². The minimum Gasteiger partial charge on any atom is -0.468 e. The number of likely N-dealkylation sites (N-methyl/N-ethyl adjacent to an activating group) is 1. The normalized spacial score (nSPS) is 19.5. The molecule has 0 bridgehead atoms. The van der Waals surface area contributed by atoms with Crippen LogP contribution in [0.5, 0.6) is 0 Å². The lowest BCUT2D eigenvalue weighted by Crippen LogP contribution is -2.44. The molecule has 0 aliphatic carbocycles. The topological polar surface area (TPSA) is 77.1 Å². The number of hydrogen-bond donors (Lipinski definition) is 1. The fourth-order valence-corrected chi connectivity index (χ4v) is 2.49. The SMILES string of the molecule is CCN[C@@H](COC[C@H]1CCCN1C(=O)OC(C)(C)C)C(=O)OC. The van der Waals surface area contributed by atoms with Crippen LogP contribution in [0.2, 0.25) is 0 Å². The van der Waals surface area contributed by atoms with Crippen molar-refractivity contribution < 1.29 is 23.8 Å². The van der Waals surface area contributed by atoms with Crippen LogP contribution in [0.15, 0.2) is 0 Å². The van der Waals surface area contributed by atoms with E-state index in [1.165, 1.54) is 7.11 Å². The average Bonchev–Trinajstić information content (AvgIpc) is 2.92. The van der Waals surface area contributed by atoms with Gasteiger partial charge in [-0.15, -0.1) is 0 Å². The van der Waals surface area contributed by atoms with Crippen molar-refractivity contribution >= 4 is 12.1 Å². The Morgan fingerprint density at radius 1 is 1.35 bits per heavy atom. The Morgan fingerprint density at radius 2 is 2.04 bits per heavy atom. The van der Waals surface area contributed by atoms with E-state index in [9.17, 15) is 9.59 Å². The van der Waals surface area contributed by atoms with Crippen LogP contribution in [0.3, 0.4) is 0 Å². The van der Waals surface area contributed by atoms with Gasteiger partial charge in [0.05, 0.1) is 26.4 Å². The summed E-state index contributed by atoms with van der Waals surface area (Å²) in [5.41, 5.74) is -0.508. The smallest absolute Gasteiger partial charge is 0.410 e. The van der Waals surface area contributed by atoms with E-state index in [1.807, 2.05) is 27.7 Å². The number of hydrogen-bond acceptors (Lipinski definition) is 6. The molecule has 0 radical (unpaired) electrons. The highest BCUT2D eigenvalue weighted by Crippen LogP contribution is 2.21. The molecular weight excluding hydrogens is 300 g/mol. The molecule has 2 atom stereocenters. The molecule has 1 heterocycles. The first-order chi connectivity index (χ1) is 10.8. The van der Waals surface area contributed by atoms with Crippen LogP contribution in [-0.4, -0.2) is 68.1 Å². The maximum Gasteiger partial charge on any atom is 0.410 e. The van der Waals surface area contributed by atoms with Crippen LogP contribution in [0.1, 0.15) is 40.5 Å². The van der Waals surface area contributed by atoms with E-state index in [0.29, 0.717) is 19.7 Å². The Kier molecular flexibility index (Phi) is 7.78. The number of esters is 1. The van der Waals surface area contributed by atoms with Crippen LogP contribution in [-0.2, 0) is 19.0 Å². The molecule has 134 valence electrons. The lowest BCUT2D eigenvalue weighted by atomic mass is 10.2. The molecular formula is C16H30N2O5. The van der Waals surface area contributed by atoms with Gasteiger partial charge in [0.1, 0.15) is 11.6 Å². The Labute approximate surface area is 138 Å². The van der Waals surface area contributed by atoms with Crippen molar-refractivity contribution in [3.63, 3.8) is 0 Å². The van der Waals surface area contributed by atoms with Gasteiger partial charge in [0.15, 0.2) is 0 Å². The molecule has 0 unspecified atom stereocenters. The monoisotopic (exact) mass is 330 g/mol. The number of carbonyl (C=O) groups is 2. The molecule has 0 aromatic rings.